The van der Waals surface area contributed by atoms with Crippen LogP contribution in [0, 0.1) is 0 Å². The molecule has 0 aliphatic carbocycles. The van der Waals surface area contributed by atoms with Crippen LogP contribution in [0.4, 0.5) is 10.5 Å². The van der Waals surface area contributed by atoms with Gasteiger partial charge < -0.3 is 15.5 Å². The molecule has 1 heterocycles. The lowest BCUT2D eigenvalue weighted by molar-refractivity contribution is -0.142. The first kappa shape index (κ1) is 25.9. The van der Waals surface area contributed by atoms with Gasteiger partial charge in [0.25, 0.3) is 10.0 Å². The smallest absolute Gasteiger partial charge is 0.408 e. The number of aliphatic carboxylic acids is 1. The quantitative estimate of drug-likeness (QED) is 0.393. The molecule has 14 heteroatoms. The number of carboxylic acid groups (broad SMARTS) is 2. The van der Waals surface area contributed by atoms with E-state index in [1.54, 1.807) is 0 Å². The standard InChI is InChI=1S/C20H19Cl2N3O7S2/c21-12-3-6-14(22)17(8-12)34(31,32)24-13-4-1-11(2-5-13)7-15(19(27)28)23-18(26)16-9-33-10-25(16)20(29)30/h1-6,8,15-16,24H,7,9-10H2,(H,23,26)(H,27,28)(H,29,30)/t15-,16+/m0/s1. The molecule has 2 aromatic carbocycles. The number of rotatable bonds is 8. The molecule has 0 unspecified atom stereocenters. The molecule has 0 radical (unpaired) electrons. The zero-order valence-electron chi connectivity index (χ0n) is 17.3. The van der Waals surface area contributed by atoms with Gasteiger partial charge in [-0.25, -0.2) is 18.0 Å². The number of amides is 2. The third-order valence-corrected chi connectivity index (χ3v) is 7.98. The number of thioether (sulfide) groups is 1. The minimum atomic E-state index is -4.03. The van der Waals surface area contributed by atoms with Crippen molar-refractivity contribution >= 4 is 68.6 Å². The second-order valence-corrected chi connectivity index (χ2v) is 10.7. The minimum absolute atomic E-state index is 0.00399. The highest BCUT2D eigenvalue weighted by Gasteiger charge is 2.36. The Labute approximate surface area is 209 Å². The summed E-state index contributed by atoms with van der Waals surface area (Å²) >= 11 is 13.1. The molecule has 1 aliphatic rings. The van der Waals surface area contributed by atoms with Crippen LogP contribution in [0.3, 0.4) is 0 Å². The van der Waals surface area contributed by atoms with E-state index in [9.17, 15) is 33.0 Å². The molecule has 2 aromatic rings. The monoisotopic (exact) mass is 547 g/mol. The fraction of sp³-hybridized carbons (Fsp3) is 0.250. The zero-order valence-corrected chi connectivity index (χ0v) is 20.4. The van der Waals surface area contributed by atoms with Crippen molar-refractivity contribution in [3.63, 3.8) is 0 Å². The van der Waals surface area contributed by atoms with Crippen LogP contribution < -0.4 is 10.0 Å². The molecule has 0 spiro atoms. The van der Waals surface area contributed by atoms with E-state index >= 15 is 0 Å². The fourth-order valence-electron chi connectivity index (χ4n) is 3.15. The van der Waals surface area contributed by atoms with Crippen molar-refractivity contribution in [2.45, 2.75) is 23.4 Å². The van der Waals surface area contributed by atoms with Crippen molar-refractivity contribution in [1.82, 2.24) is 10.2 Å². The molecule has 0 bridgehead atoms. The molecule has 34 heavy (non-hydrogen) atoms. The zero-order chi connectivity index (χ0) is 25.0. The molecule has 2 amide bonds. The molecule has 1 fully saturated rings. The maximum absolute atomic E-state index is 12.6. The van der Waals surface area contributed by atoms with Crippen molar-refractivity contribution in [2.24, 2.45) is 0 Å². The van der Waals surface area contributed by atoms with Gasteiger partial charge in [-0.1, -0.05) is 35.3 Å². The molecule has 4 N–H and O–H groups in total. The molecule has 10 nitrogen and oxygen atoms in total. The van der Waals surface area contributed by atoms with Crippen LogP contribution in [-0.4, -0.2) is 65.2 Å². The minimum Gasteiger partial charge on any atom is -0.480 e. The third kappa shape index (κ3) is 6.26. The van der Waals surface area contributed by atoms with E-state index < -0.39 is 40.1 Å². The summed E-state index contributed by atoms with van der Waals surface area (Å²) in [5.41, 5.74) is 0.711. The summed E-state index contributed by atoms with van der Waals surface area (Å²) in [6.45, 7) is 0. The number of carbonyl (C=O) groups is 3. The van der Waals surface area contributed by atoms with Gasteiger partial charge in [0.05, 0.1) is 10.9 Å². The molecule has 1 saturated heterocycles. The number of hydrogen-bond acceptors (Lipinski definition) is 6. The van der Waals surface area contributed by atoms with Gasteiger partial charge in [-0.15, -0.1) is 11.8 Å². The van der Waals surface area contributed by atoms with Gasteiger partial charge in [0.2, 0.25) is 5.91 Å². The molecule has 0 aromatic heterocycles. The lowest BCUT2D eigenvalue weighted by Gasteiger charge is -2.22. The number of benzene rings is 2. The van der Waals surface area contributed by atoms with Crippen molar-refractivity contribution < 1.29 is 33.0 Å². The Balaban J connectivity index is 1.68. The molecule has 0 saturated carbocycles. The van der Waals surface area contributed by atoms with Gasteiger partial charge in [0, 0.05) is 22.9 Å². The Morgan fingerprint density at radius 3 is 2.41 bits per heavy atom. The molecular weight excluding hydrogens is 529 g/mol. The van der Waals surface area contributed by atoms with E-state index in [0.717, 1.165) is 4.90 Å². The maximum atomic E-state index is 12.6. The Morgan fingerprint density at radius 2 is 1.79 bits per heavy atom. The number of nitrogens with zero attached hydrogens (tertiary/aromatic N) is 1. The van der Waals surface area contributed by atoms with Gasteiger partial charge in [0.1, 0.15) is 17.0 Å². The van der Waals surface area contributed by atoms with Crippen molar-refractivity contribution in [3.8, 4) is 0 Å². The van der Waals surface area contributed by atoms with Gasteiger partial charge >= 0.3 is 12.1 Å². The Kier molecular flexibility index (Phi) is 8.18. The molecule has 182 valence electrons. The largest absolute Gasteiger partial charge is 0.480 e. The number of carbonyl (C=O) groups excluding carboxylic acids is 1. The predicted molar refractivity (Wildman–Crippen MR) is 128 cm³/mol. The first-order valence-corrected chi connectivity index (χ1v) is 13.0. The molecule has 2 atom stereocenters. The summed E-state index contributed by atoms with van der Waals surface area (Å²) < 4.78 is 27.6. The van der Waals surface area contributed by atoms with Crippen LogP contribution >= 0.6 is 35.0 Å². The van der Waals surface area contributed by atoms with Gasteiger partial charge in [0.15, 0.2) is 0 Å². The highest BCUT2D eigenvalue weighted by Crippen LogP contribution is 2.27. The summed E-state index contributed by atoms with van der Waals surface area (Å²) in [7, 11) is -4.03. The summed E-state index contributed by atoms with van der Waals surface area (Å²) in [6, 6.07) is 7.65. The summed E-state index contributed by atoms with van der Waals surface area (Å²) in [6.07, 6.45) is -1.35. The second-order valence-electron chi connectivity index (χ2n) is 7.25. The fourth-order valence-corrected chi connectivity index (χ4v) is 6.12. The third-order valence-electron chi connectivity index (χ3n) is 4.87. The maximum Gasteiger partial charge on any atom is 0.408 e. The SMILES string of the molecule is O=C(O)[C@H](Cc1ccc(NS(=O)(=O)c2cc(Cl)ccc2Cl)cc1)NC(=O)[C@H]1CSCN1C(=O)O. The van der Waals surface area contributed by atoms with E-state index in [4.69, 9.17) is 23.2 Å². The van der Waals surface area contributed by atoms with Crippen LogP contribution in [0.5, 0.6) is 0 Å². The van der Waals surface area contributed by atoms with E-state index in [2.05, 4.69) is 10.0 Å². The summed E-state index contributed by atoms with van der Waals surface area (Å²) in [5, 5.41) is 21.3. The topological polar surface area (TPSA) is 153 Å². The van der Waals surface area contributed by atoms with Crippen molar-refractivity contribution in [3.05, 3.63) is 58.1 Å². The molecule has 3 rings (SSSR count). The highest BCUT2D eigenvalue weighted by atomic mass is 35.5. The summed E-state index contributed by atoms with van der Waals surface area (Å²) in [4.78, 5) is 36.1. The highest BCUT2D eigenvalue weighted by molar-refractivity contribution is 7.99. The number of anilines is 1. The van der Waals surface area contributed by atoms with E-state index in [1.807, 2.05) is 0 Å². The van der Waals surface area contributed by atoms with Crippen LogP contribution in [0.25, 0.3) is 0 Å². The van der Waals surface area contributed by atoms with Gasteiger partial charge in [-0.05, 0) is 35.9 Å². The number of nitrogens with one attached hydrogen (secondary N) is 2. The Hall–Kier alpha value is -2.67. The number of hydrogen-bond donors (Lipinski definition) is 4. The Bertz CT molecular complexity index is 1210. The van der Waals surface area contributed by atoms with Gasteiger partial charge in [-0.2, -0.15) is 0 Å². The van der Waals surface area contributed by atoms with E-state index in [-0.39, 0.29) is 38.7 Å². The van der Waals surface area contributed by atoms with Crippen LogP contribution in [0.1, 0.15) is 5.56 Å². The predicted octanol–water partition coefficient (Wildman–Crippen LogP) is 2.96. The first-order valence-electron chi connectivity index (χ1n) is 9.65. The van der Waals surface area contributed by atoms with Crippen LogP contribution in [0.15, 0.2) is 47.4 Å². The van der Waals surface area contributed by atoms with E-state index in [1.165, 1.54) is 54.2 Å². The second kappa shape index (κ2) is 10.7. The average molecular weight is 548 g/mol. The number of sulfonamides is 1. The first-order chi connectivity index (χ1) is 16.0. The number of halogens is 2. The summed E-state index contributed by atoms with van der Waals surface area (Å²) in [5.74, 6) is -1.62. The van der Waals surface area contributed by atoms with Crippen molar-refractivity contribution in [2.75, 3.05) is 16.4 Å². The normalized spacial score (nSPS) is 16.6. The lowest BCUT2D eigenvalue weighted by Crippen LogP contribution is -2.52. The molecule has 1 aliphatic heterocycles. The van der Waals surface area contributed by atoms with Crippen LogP contribution in [-0.2, 0) is 26.0 Å². The van der Waals surface area contributed by atoms with Crippen LogP contribution in [0.2, 0.25) is 10.0 Å². The Morgan fingerprint density at radius 1 is 1.12 bits per heavy atom. The van der Waals surface area contributed by atoms with Crippen molar-refractivity contribution in [1.29, 1.82) is 0 Å². The van der Waals surface area contributed by atoms with E-state index in [0.29, 0.717) is 5.56 Å². The molecular formula is C20H19Cl2N3O7S2. The lowest BCUT2D eigenvalue weighted by atomic mass is 10.1. The number of carboxylic acids is 1. The average Bonchev–Trinajstić information content (AvgIpc) is 3.26. The van der Waals surface area contributed by atoms with Gasteiger partial charge in [-0.3, -0.25) is 14.4 Å².